The maximum absolute atomic E-state index is 14.0. The molecule has 0 saturated carbocycles. The molecule has 1 heterocycles. The van der Waals surface area contributed by atoms with E-state index in [4.69, 9.17) is 4.74 Å². The van der Waals surface area contributed by atoms with E-state index < -0.39 is 11.9 Å². The number of hydrogen-bond acceptors (Lipinski definition) is 3. The second kappa shape index (κ2) is 8.03. The summed E-state index contributed by atoms with van der Waals surface area (Å²) in [5, 5.41) is 10.8. The Morgan fingerprint density at radius 3 is 2.37 bits per heavy atom. The molecule has 4 rings (SSSR count). The van der Waals surface area contributed by atoms with Crippen molar-refractivity contribution < 1.29 is 19.0 Å². The quantitative estimate of drug-likeness (QED) is 0.637. The van der Waals surface area contributed by atoms with Gasteiger partial charge in [-0.2, -0.15) is 0 Å². The Morgan fingerprint density at radius 2 is 1.73 bits per heavy atom. The molecule has 0 spiro atoms. The number of aliphatic hydroxyl groups excluding tert-OH is 1. The molecule has 4 nitrogen and oxygen atoms in total. The van der Waals surface area contributed by atoms with E-state index in [-0.39, 0.29) is 18.1 Å². The lowest BCUT2D eigenvalue weighted by Crippen LogP contribution is -2.29. The Kier molecular flexibility index (Phi) is 5.27. The van der Waals surface area contributed by atoms with Gasteiger partial charge in [-0.25, -0.2) is 4.39 Å². The van der Waals surface area contributed by atoms with E-state index in [0.717, 1.165) is 22.4 Å². The number of carbonyl (C=O) groups excluding carboxylic acids is 1. The molecule has 0 unspecified atom stereocenters. The number of ether oxygens (including phenoxy) is 1. The number of rotatable bonds is 5. The van der Waals surface area contributed by atoms with E-state index in [1.54, 1.807) is 24.1 Å². The zero-order chi connectivity index (χ0) is 21.3. The number of carbonyl (C=O) groups is 1. The average Bonchev–Trinajstić information content (AvgIpc) is 3.00. The molecule has 0 aliphatic carbocycles. The fourth-order valence-electron chi connectivity index (χ4n) is 3.80. The highest BCUT2D eigenvalue weighted by molar-refractivity contribution is 6.05. The normalized spacial score (nSPS) is 16.3. The molecular weight excluding hydrogens is 381 g/mol. The van der Waals surface area contributed by atoms with Gasteiger partial charge in [0.1, 0.15) is 11.6 Å². The first-order valence-corrected chi connectivity index (χ1v) is 9.67. The molecule has 5 heteroatoms. The van der Waals surface area contributed by atoms with E-state index in [2.05, 4.69) is 0 Å². The number of benzene rings is 3. The average molecular weight is 403 g/mol. The molecule has 0 fully saturated rings. The summed E-state index contributed by atoms with van der Waals surface area (Å²) in [6.45, 7) is 2.24. The van der Waals surface area contributed by atoms with Crippen LogP contribution in [0.4, 0.5) is 4.39 Å². The van der Waals surface area contributed by atoms with Crippen molar-refractivity contribution >= 4 is 11.5 Å². The molecular formula is C25H22FNO3. The number of nitrogens with zero attached hydrogens (tertiary/aromatic N) is 1. The van der Waals surface area contributed by atoms with Crippen molar-refractivity contribution in [2.24, 2.45) is 0 Å². The summed E-state index contributed by atoms with van der Waals surface area (Å²) < 4.78 is 19.2. The second-order valence-electron chi connectivity index (χ2n) is 7.37. The first kappa shape index (κ1) is 19.7. The van der Waals surface area contributed by atoms with Gasteiger partial charge in [-0.3, -0.25) is 4.79 Å². The number of aryl methyl sites for hydroxylation is 1. The fraction of sp³-hybridized carbons (Fsp3) is 0.160. The maximum Gasteiger partial charge on any atom is 0.290 e. The minimum atomic E-state index is -0.599. The molecule has 152 valence electrons. The van der Waals surface area contributed by atoms with Crippen LogP contribution in [-0.2, 0) is 11.3 Å². The number of halogens is 1. The van der Waals surface area contributed by atoms with Crippen LogP contribution in [-0.4, -0.2) is 23.0 Å². The Morgan fingerprint density at radius 1 is 1.03 bits per heavy atom. The first-order chi connectivity index (χ1) is 14.5. The Balaban J connectivity index is 1.78. The summed E-state index contributed by atoms with van der Waals surface area (Å²) in [4.78, 5) is 14.6. The molecule has 1 atom stereocenters. The highest BCUT2D eigenvalue weighted by atomic mass is 19.1. The highest BCUT2D eigenvalue weighted by Gasteiger charge is 2.41. The van der Waals surface area contributed by atoms with Crippen molar-refractivity contribution in [1.82, 2.24) is 4.90 Å². The lowest BCUT2D eigenvalue weighted by atomic mass is 9.93. The van der Waals surface area contributed by atoms with Crippen LogP contribution in [0.5, 0.6) is 5.75 Å². The molecule has 0 bridgehead atoms. The molecule has 1 aliphatic rings. The van der Waals surface area contributed by atoms with E-state index in [9.17, 15) is 14.3 Å². The molecule has 0 aromatic heterocycles. The lowest BCUT2D eigenvalue weighted by Gasteiger charge is -2.27. The summed E-state index contributed by atoms with van der Waals surface area (Å²) in [5.41, 5.74) is 3.78. The molecule has 3 aromatic carbocycles. The minimum Gasteiger partial charge on any atom is -0.503 e. The zero-order valence-electron chi connectivity index (χ0n) is 16.8. The third kappa shape index (κ3) is 3.66. The van der Waals surface area contributed by atoms with Gasteiger partial charge in [0.15, 0.2) is 5.76 Å². The lowest BCUT2D eigenvalue weighted by molar-refractivity contribution is -0.130. The Hall–Kier alpha value is -3.60. The van der Waals surface area contributed by atoms with Crippen LogP contribution in [0.25, 0.3) is 5.57 Å². The fourth-order valence-corrected chi connectivity index (χ4v) is 3.80. The molecule has 3 aromatic rings. The predicted octanol–water partition coefficient (Wildman–Crippen LogP) is 5.20. The van der Waals surface area contributed by atoms with Crippen molar-refractivity contribution in [3.05, 3.63) is 107 Å². The van der Waals surface area contributed by atoms with Crippen LogP contribution >= 0.6 is 0 Å². The van der Waals surface area contributed by atoms with Crippen LogP contribution in [0.15, 0.2) is 78.6 Å². The first-order valence-electron chi connectivity index (χ1n) is 9.67. The van der Waals surface area contributed by atoms with Gasteiger partial charge in [0.05, 0.1) is 13.2 Å². The second-order valence-corrected chi connectivity index (χ2v) is 7.37. The largest absolute Gasteiger partial charge is 0.503 e. The summed E-state index contributed by atoms with van der Waals surface area (Å²) >= 11 is 0. The molecule has 30 heavy (non-hydrogen) atoms. The zero-order valence-corrected chi connectivity index (χ0v) is 16.8. The molecule has 1 aliphatic heterocycles. The topological polar surface area (TPSA) is 49.8 Å². The number of amides is 1. The number of hydrogen-bond donors (Lipinski definition) is 1. The van der Waals surface area contributed by atoms with Crippen molar-refractivity contribution in [1.29, 1.82) is 0 Å². The van der Waals surface area contributed by atoms with Gasteiger partial charge in [0.25, 0.3) is 5.91 Å². The SMILES string of the molecule is COc1ccc(CN2C(=O)C(O)=C(c3ccc(C)cc3)[C@H]2c2cccc(F)c2)cc1. The van der Waals surface area contributed by atoms with E-state index in [1.807, 2.05) is 55.5 Å². The summed E-state index contributed by atoms with van der Waals surface area (Å²) in [5.74, 6) is -0.453. The molecule has 1 N–H and O–H groups in total. The van der Waals surface area contributed by atoms with Gasteiger partial charge >= 0.3 is 0 Å². The monoisotopic (exact) mass is 403 g/mol. The minimum absolute atomic E-state index is 0.267. The summed E-state index contributed by atoms with van der Waals surface area (Å²) in [6.07, 6.45) is 0. The smallest absolute Gasteiger partial charge is 0.290 e. The van der Waals surface area contributed by atoms with Gasteiger partial charge in [-0.1, -0.05) is 54.1 Å². The van der Waals surface area contributed by atoms with E-state index in [1.165, 1.54) is 12.1 Å². The van der Waals surface area contributed by atoms with Crippen molar-refractivity contribution in [2.75, 3.05) is 7.11 Å². The van der Waals surface area contributed by atoms with Crippen LogP contribution in [0.3, 0.4) is 0 Å². The summed E-state index contributed by atoms with van der Waals surface area (Å²) in [7, 11) is 1.59. The van der Waals surface area contributed by atoms with Crippen LogP contribution < -0.4 is 4.74 Å². The third-order valence-electron chi connectivity index (χ3n) is 5.34. The van der Waals surface area contributed by atoms with E-state index in [0.29, 0.717) is 11.1 Å². The summed E-state index contributed by atoms with van der Waals surface area (Å²) in [6, 6.07) is 20.5. The molecule has 0 saturated heterocycles. The maximum atomic E-state index is 14.0. The van der Waals surface area contributed by atoms with Gasteiger partial charge in [-0.15, -0.1) is 0 Å². The predicted molar refractivity (Wildman–Crippen MR) is 113 cm³/mol. The van der Waals surface area contributed by atoms with Gasteiger partial charge in [0.2, 0.25) is 0 Å². The highest BCUT2D eigenvalue weighted by Crippen LogP contribution is 2.43. The van der Waals surface area contributed by atoms with Crippen molar-refractivity contribution in [3.8, 4) is 5.75 Å². The van der Waals surface area contributed by atoms with E-state index >= 15 is 0 Å². The third-order valence-corrected chi connectivity index (χ3v) is 5.34. The standard InChI is InChI=1S/C25H22FNO3/c1-16-6-10-18(11-7-16)22-23(19-4-3-5-20(26)14-19)27(25(29)24(22)28)15-17-8-12-21(30-2)13-9-17/h3-14,23,28H,15H2,1-2H3/t23-/m1/s1. The Labute approximate surface area is 174 Å². The number of aliphatic hydroxyl groups is 1. The van der Waals surface area contributed by atoms with Gasteiger partial charge < -0.3 is 14.7 Å². The van der Waals surface area contributed by atoms with Gasteiger partial charge in [0, 0.05) is 12.1 Å². The molecule has 1 amide bonds. The Bertz CT molecular complexity index is 1100. The van der Waals surface area contributed by atoms with Gasteiger partial charge in [-0.05, 0) is 47.9 Å². The van der Waals surface area contributed by atoms with Crippen molar-refractivity contribution in [2.45, 2.75) is 19.5 Å². The van der Waals surface area contributed by atoms with Crippen molar-refractivity contribution in [3.63, 3.8) is 0 Å². The number of methoxy groups -OCH3 is 1. The van der Waals surface area contributed by atoms with Crippen LogP contribution in [0.1, 0.15) is 28.3 Å². The van der Waals surface area contributed by atoms with Crippen LogP contribution in [0.2, 0.25) is 0 Å². The van der Waals surface area contributed by atoms with Crippen LogP contribution in [0, 0.1) is 12.7 Å². The molecule has 0 radical (unpaired) electrons.